The van der Waals surface area contributed by atoms with E-state index in [4.69, 9.17) is 0 Å². The number of benzene rings is 1. The summed E-state index contributed by atoms with van der Waals surface area (Å²) in [5, 5.41) is 3.57. The third kappa shape index (κ3) is 3.51. The maximum atomic E-state index is 3.57. The van der Waals surface area contributed by atoms with E-state index in [0.717, 1.165) is 17.8 Å². The molecule has 1 N–H and O–H groups in total. The van der Waals surface area contributed by atoms with Crippen molar-refractivity contribution in [1.82, 2.24) is 5.32 Å². The van der Waals surface area contributed by atoms with Crippen molar-refractivity contribution in [1.29, 1.82) is 0 Å². The zero-order valence-corrected chi connectivity index (χ0v) is 13.9. The van der Waals surface area contributed by atoms with Crippen LogP contribution >= 0.6 is 0 Å². The van der Waals surface area contributed by atoms with Gasteiger partial charge >= 0.3 is 0 Å². The number of likely N-dealkylation sites (N-methyl/N-ethyl adjacent to an activating group) is 1. The van der Waals surface area contributed by atoms with Gasteiger partial charge in [0.1, 0.15) is 0 Å². The van der Waals surface area contributed by atoms with Crippen molar-refractivity contribution in [3.05, 3.63) is 35.4 Å². The van der Waals surface area contributed by atoms with Crippen molar-refractivity contribution in [2.24, 2.45) is 17.8 Å². The number of hydrogen-bond donors (Lipinski definition) is 1. The Bertz CT molecular complexity index is 447. The molecule has 116 valence electrons. The van der Waals surface area contributed by atoms with Gasteiger partial charge < -0.3 is 5.32 Å². The fourth-order valence-electron chi connectivity index (χ4n) is 4.66. The summed E-state index contributed by atoms with van der Waals surface area (Å²) in [6.45, 7) is 4.53. The van der Waals surface area contributed by atoms with Crippen LogP contribution in [0.3, 0.4) is 0 Å². The van der Waals surface area contributed by atoms with Gasteiger partial charge in [0.2, 0.25) is 0 Å². The molecule has 0 amide bonds. The lowest BCUT2D eigenvalue weighted by molar-refractivity contribution is 0.281. The van der Waals surface area contributed by atoms with E-state index < -0.39 is 0 Å². The van der Waals surface area contributed by atoms with Gasteiger partial charge in [0.25, 0.3) is 0 Å². The Morgan fingerprint density at radius 2 is 1.86 bits per heavy atom. The van der Waals surface area contributed by atoms with Crippen molar-refractivity contribution in [3.8, 4) is 0 Å². The lowest BCUT2D eigenvalue weighted by Crippen LogP contribution is -2.31. The van der Waals surface area contributed by atoms with E-state index >= 15 is 0 Å². The minimum Gasteiger partial charge on any atom is -0.317 e. The maximum Gasteiger partial charge on any atom is 0.0107 e. The molecule has 1 aromatic rings. The van der Waals surface area contributed by atoms with E-state index in [-0.39, 0.29) is 0 Å². The molecule has 1 aromatic carbocycles. The molecule has 2 saturated carbocycles. The van der Waals surface area contributed by atoms with E-state index in [1.54, 1.807) is 0 Å². The van der Waals surface area contributed by atoms with Crippen LogP contribution in [-0.2, 0) is 6.42 Å². The third-order valence-electron chi connectivity index (χ3n) is 6.01. The van der Waals surface area contributed by atoms with Gasteiger partial charge in [-0.2, -0.15) is 0 Å². The Labute approximate surface area is 130 Å². The molecule has 3 rings (SSSR count). The Kier molecular flexibility index (Phi) is 4.69. The second kappa shape index (κ2) is 6.52. The molecule has 0 aliphatic heterocycles. The standard InChI is InChI=1S/C20H31N/c1-14(2)17-7-4-15(5-8-17)12-20(21-3)13-19-11-16-6-9-18(19)10-16/h4-5,7-8,14,16,18-21H,6,9-13H2,1-3H3. The lowest BCUT2D eigenvalue weighted by Gasteiger charge is -2.26. The summed E-state index contributed by atoms with van der Waals surface area (Å²) in [4.78, 5) is 0. The maximum absolute atomic E-state index is 3.57. The van der Waals surface area contributed by atoms with Crippen molar-refractivity contribution >= 4 is 0 Å². The smallest absolute Gasteiger partial charge is 0.0107 e. The van der Waals surface area contributed by atoms with E-state index in [9.17, 15) is 0 Å². The summed E-state index contributed by atoms with van der Waals surface area (Å²) >= 11 is 0. The highest BCUT2D eigenvalue weighted by Gasteiger charge is 2.39. The summed E-state index contributed by atoms with van der Waals surface area (Å²) < 4.78 is 0. The highest BCUT2D eigenvalue weighted by Crippen LogP contribution is 2.49. The first-order valence-corrected chi connectivity index (χ1v) is 8.91. The first-order valence-electron chi connectivity index (χ1n) is 8.91. The third-order valence-corrected chi connectivity index (χ3v) is 6.01. The highest BCUT2D eigenvalue weighted by molar-refractivity contribution is 5.25. The predicted molar refractivity (Wildman–Crippen MR) is 90.6 cm³/mol. The average molecular weight is 285 g/mol. The monoisotopic (exact) mass is 285 g/mol. The summed E-state index contributed by atoms with van der Waals surface area (Å²) in [6, 6.07) is 9.94. The fraction of sp³-hybridized carbons (Fsp3) is 0.700. The highest BCUT2D eigenvalue weighted by atomic mass is 14.9. The van der Waals surface area contributed by atoms with Crippen LogP contribution in [0.1, 0.15) is 63.0 Å². The number of hydrogen-bond acceptors (Lipinski definition) is 1. The van der Waals surface area contributed by atoms with Crippen molar-refractivity contribution in [2.45, 2.75) is 64.3 Å². The molecule has 2 aliphatic carbocycles. The van der Waals surface area contributed by atoms with Gasteiger partial charge in [-0.25, -0.2) is 0 Å². The van der Waals surface area contributed by atoms with Crippen molar-refractivity contribution in [3.63, 3.8) is 0 Å². The molecule has 0 heterocycles. The molecule has 2 bridgehead atoms. The van der Waals surface area contributed by atoms with Gasteiger partial charge in [-0.15, -0.1) is 0 Å². The fourth-order valence-corrected chi connectivity index (χ4v) is 4.66. The Morgan fingerprint density at radius 3 is 2.38 bits per heavy atom. The lowest BCUT2D eigenvalue weighted by atomic mass is 9.83. The Hall–Kier alpha value is -0.820. The van der Waals surface area contributed by atoms with Crippen LogP contribution in [0.4, 0.5) is 0 Å². The molecule has 21 heavy (non-hydrogen) atoms. The van der Waals surface area contributed by atoms with Gasteiger partial charge in [-0.1, -0.05) is 44.5 Å². The number of nitrogens with one attached hydrogen (secondary N) is 1. The summed E-state index contributed by atoms with van der Waals surface area (Å²) in [5.41, 5.74) is 2.94. The molecule has 0 saturated heterocycles. The molecule has 1 heteroatoms. The molecular weight excluding hydrogens is 254 g/mol. The molecule has 1 nitrogen and oxygen atoms in total. The van der Waals surface area contributed by atoms with Crippen LogP contribution < -0.4 is 5.32 Å². The van der Waals surface area contributed by atoms with Crippen molar-refractivity contribution < 1.29 is 0 Å². The molecule has 4 atom stereocenters. The van der Waals surface area contributed by atoms with Crippen LogP contribution in [0, 0.1) is 17.8 Å². The second-order valence-electron chi connectivity index (χ2n) is 7.76. The summed E-state index contributed by atoms with van der Waals surface area (Å²) in [7, 11) is 2.14. The van der Waals surface area contributed by atoms with Crippen LogP contribution in [0.15, 0.2) is 24.3 Å². The van der Waals surface area contributed by atoms with Gasteiger partial charge in [-0.3, -0.25) is 0 Å². The van der Waals surface area contributed by atoms with E-state index in [1.165, 1.54) is 49.7 Å². The van der Waals surface area contributed by atoms with Crippen LogP contribution in [0.5, 0.6) is 0 Å². The largest absolute Gasteiger partial charge is 0.317 e. The van der Waals surface area contributed by atoms with Crippen LogP contribution in [0.25, 0.3) is 0 Å². The SMILES string of the molecule is CNC(Cc1ccc(C(C)C)cc1)CC1CC2CCC1C2. The number of fused-ring (bicyclic) bond motifs is 2. The molecule has 0 radical (unpaired) electrons. The second-order valence-corrected chi connectivity index (χ2v) is 7.76. The summed E-state index contributed by atoms with van der Waals surface area (Å²) in [5.74, 6) is 3.75. The molecular formula is C20H31N. The van der Waals surface area contributed by atoms with Gasteiger partial charge in [0, 0.05) is 6.04 Å². The van der Waals surface area contributed by atoms with E-state index in [1.807, 2.05) is 0 Å². The summed E-state index contributed by atoms with van der Waals surface area (Å²) in [6.07, 6.45) is 8.63. The topological polar surface area (TPSA) is 12.0 Å². The number of rotatable bonds is 6. The Balaban J connectivity index is 1.56. The van der Waals surface area contributed by atoms with Gasteiger partial charge in [0.05, 0.1) is 0 Å². The average Bonchev–Trinajstić information content (AvgIpc) is 3.09. The van der Waals surface area contributed by atoms with Gasteiger partial charge in [0.15, 0.2) is 0 Å². The quantitative estimate of drug-likeness (QED) is 0.794. The minimum absolute atomic E-state index is 0.633. The zero-order chi connectivity index (χ0) is 14.8. The molecule has 2 aliphatic rings. The molecule has 4 unspecified atom stereocenters. The van der Waals surface area contributed by atoms with Crippen LogP contribution in [0.2, 0.25) is 0 Å². The zero-order valence-electron chi connectivity index (χ0n) is 13.9. The molecule has 0 aromatic heterocycles. The van der Waals surface area contributed by atoms with E-state index in [0.29, 0.717) is 12.0 Å². The predicted octanol–water partition coefficient (Wildman–Crippen LogP) is 4.77. The van der Waals surface area contributed by atoms with Crippen molar-refractivity contribution in [2.75, 3.05) is 7.05 Å². The van der Waals surface area contributed by atoms with Gasteiger partial charge in [-0.05, 0) is 74.0 Å². The van der Waals surface area contributed by atoms with E-state index in [2.05, 4.69) is 50.5 Å². The minimum atomic E-state index is 0.633. The molecule has 2 fully saturated rings. The Morgan fingerprint density at radius 1 is 1.10 bits per heavy atom. The normalized spacial score (nSPS) is 29.2. The van der Waals surface area contributed by atoms with Crippen LogP contribution in [-0.4, -0.2) is 13.1 Å². The first-order chi connectivity index (χ1) is 10.2. The molecule has 0 spiro atoms. The first kappa shape index (κ1) is 15.1.